The monoisotopic (exact) mass is 456 g/mol. The molecule has 9 nitrogen and oxygen atoms in total. The number of fused-ring (bicyclic) bond motifs is 1. The molecular weight excluding hydrogens is 428 g/mol. The van der Waals surface area contributed by atoms with Crippen molar-refractivity contribution < 1.29 is 14.1 Å². The fraction of sp³-hybridized carbons (Fsp3) is 0.500. The maximum atomic E-state index is 12.3. The largest absolute Gasteiger partial charge is 0.343 e. The highest BCUT2D eigenvalue weighted by Gasteiger charge is 2.38. The number of aryl methyl sites for hydroxylation is 2. The summed E-state index contributed by atoms with van der Waals surface area (Å²) in [7, 11) is 1.92. The van der Waals surface area contributed by atoms with Gasteiger partial charge in [-0.2, -0.15) is 4.98 Å². The second-order valence-electron chi connectivity index (χ2n) is 8.25. The van der Waals surface area contributed by atoms with Gasteiger partial charge in [0.2, 0.25) is 22.5 Å². The number of benzene rings is 1. The smallest absolute Gasteiger partial charge is 0.240 e. The molecule has 1 aromatic carbocycles. The molecule has 10 heteroatoms. The Morgan fingerprint density at radius 3 is 2.69 bits per heavy atom. The first-order valence-corrected chi connectivity index (χ1v) is 11.8. The number of nitrogens with zero attached hydrogens (tertiary/aromatic N) is 4. The topological polar surface area (TPSA) is 114 Å². The Labute approximate surface area is 189 Å². The lowest BCUT2D eigenvalue weighted by atomic mass is 9.89. The van der Waals surface area contributed by atoms with Crippen molar-refractivity contribution in [1.82, 2.24) is 25.5 Å². The third-order valence-corrected chi connectivity index (χ3v) is 6.94. The van der Waals surface area contributed by atoms with E-state index in [0.29, 0.717) is 22.9 Å². The van der Waals surface area contributed by atoms with Gasteiger partial charge in [-0.15, -0.1) is 5.10 Å². The molecule has 0 bridgehead atoms. The van der Waals surface area contributed by atoms with Crippen LogP contribution in [0, 0.1) is 0 Å². The molecule has 0 unspecified atom stereocenters. The molecule has 2 N–H and O–H groups in total. The van der Waals surface area contributed by atoms with Crippen LogP contribution in [0.15, 0.2) is 33.9 Å². The Morgan fingerprint density at radius 1 is 1.22 bits per heavy atom. The van der Waals surface area contributed by atoms with Gasteiger partial charge < -0.3 is 14.4 Å². The maximum absolute atomic E-state index is 12.3. The van der Waals surface area contributed by atoms with E-state index in [1.807, 2.05) is 35.9 Å². The van der Waals surface area contributed by atoms with Crippen molar-refractivity contribution in [1.29, 1.82) is 0 Å². The predicted octanol–water partition coefficient (Wildman–Crippen LogP) is 2.87. The van der Waals surface area contributed by atoms with E-state index in [2.05, 4.69) is 26.0 Å². The molecule has 3 aromatic rings. The molecule has 32 heavy (non-hydrogen) atoms. The summed E-state index contributed by atoms with van der Waals surface area (Å²) in [5.41, 5.74) is 3.09. The molecular formula is C22H28N6O3S. The van der Waals surface area contributed by atoms with Gasteiger partial charge in [0.1, 0.15) is 5.54 Å². The van der Waals surface area contributed by atoms with Crippen LogP contribution in [0.25, 0.3) is 10.2 Å². The molecule has 1 fully saturated rings. The SMILES string of the molecule is CC(=O)NC1(c2noc(CCC(=O)NN=c3sc4ccccc4n3C)n2)CCCCCC1. The Hall–Kier alpha value is -3.01. The second-order valence-corrected chi connectivity index (χ2v) is 9.26. The quantitative estimate of drug-likeness (QED) is 0.437. The molecule has 1 saturated carbocycles. The predicted molar refractivity (Wildman–Crippen MR) is 120 cm³/mol. The average molecular weight is 457 g/mol. The van der Waals surface area contributed by atoms with Gasteiger partial charge in [-0.25, -0.2) is 5.43 Å². The number of nitrogens with one attached hydrogen (secondary N) is 2. The number of hydrogen-bond donors (Lipinski definition) is 2. The standard InChI is InChI=1S/C22H28N6O3S/c1-15(29)24-22(13-7-3-4-8-14-22)20-23-19(31-27-20)12-11-18(30)25-26-21-28(2)16-9-5-6-10-17(16)32-21/h5-6,9-10H,3-4,7-8,11-14H2,1-2H3,(H,24,29)(H,25,30). The zero-order chi connectivity index (χ0) is 22.6. The van der Waals surface area contributed by atoms with E-state index in [4.69, 9.17) is 4.52 Å². The molecule has 170 valence electrons. The van der Waals surface area contributed by atoms with Gasteiger partial charge in [0.25, 0.3) is 0 Å². The van der Waals surface area contributed by atoms with Gasteiger partial charge in [0, 0.05) is 26.8 Å². The summed E-state index contributed by atoms with van der Waals surface area (Å²) in [6, 6.07) is 7.99. The van der Waals surface area contributed by atoms with E-state index >= 15 is 0 Å². The first-order chi connectivity index (χ1) is 15.5. The van der Waals surface area contributed by atoms with Crippen LogP contribution >= 0.6 is 11.3 Å². The van der Waals surface area contributed by atoms with Crippen molar-refractivity contribution >= 4 is 33.4 Å². The van der Waals surface area contributed by atoms with Crippen molar-refractivity contribution in [2.24, 2.45) is 12.1 Å². The Balaban J connectivity index is 1.40. The number of thiazole rings is 1. The van der Waals surface area contributed by atoms with E-state index in [0.717, 1.165) is 48.7 Å². The lowest BCUT2D eigenvalue weighted by Crippen LogP contribution is -2.45. The van der Waals surface area contributed by atoms with Crippen molar-refractivity contribution in [2.45, 2.75) is 63.8 Å². The van der Waals surface area contributed by atoms with Gasteiger partial charge in [-0.1, -0.05) is 54.3 Å². The summed E-state index contributed by atoms with van der Waals surface area (Å²) in [6.45, 7) is 1.51. The molecule has 1 aliphatic carbocycles. The molecule has 2 aromatic heterocycles. The lowest BCUT2D eigenvalue weighted by molar-refractivity contribution is -0.122. The fourth-order valence-electron chi connectivity index (χ4n) is 4.20. The highest BCUT2D eigenvalue weighted by Crippen LogP contribution is 2.34. The maximum Gasteiger partial charge on any atom is 0.240 e. The third kappa shape index (κ3) is 4.90. The molecule has 4 rings (SSSR count). The molecule has 0 spiro atoms. The van der Waals surface area contributed by atoms with Crippen LogP contribution in [-0.4, -0.2) is 26.5 Å². The minimum atomic E-state index is -0.586. The number of carbonyl (C=O) groups excluding carboxylic acids is 2. The summed E-state index contributed by atoms with van der Waals surface area (Å²) in [5, 5.41) is 11.5. The van der Waals surface area contributed by atoms with Gasteiger partial charge in [0.15, 0.2) is 5.82 Å². The molecule has 2 heterocycles. The third-order valence-electron chi connectivity index (χ3n) is 5.83. The number of aromatic nitrogens is 3. The number of carbonyl (C=O) groups is 2. The number of hydrogen-bond acceptors (Lipinski definition) is 7. The zero-order valence-electron chi connectivity index (χ0n) is 18.4. The minimum Gasteiger partial charge on any atom is -0.343 e. The Bertz CT molecular complexity index is 1170. The van der Waals surface area contributed by atoms with Crippen LogP contribution in [-0.2, 0) is 28.6 Å². The van der Waals surface area contributed by atoms with Gasteiger partial charge in [0.05, 0.1) is 10.2 Å². The number of amides is 2. The van der Waals surface area contributed by atoms with Gasteiger partial charge in [-0.3, -0.25) is 9.59 Å². The van der Waals surface area contributed by atoms with Gasteiger partial charge in [-0.05, 0) is 25.0 Å². The second kappa shape index (κ2) is 9.64. The van der Waals surface area contributed by atoms with Crippen LogP contribution in [0.5, 0.6) is 0 Å². The fourth-order valence-corrected chi connectivity index (χ4v) is 5.18. The zero-order valence-corrected chi connectivity index (χ0v) is 19.2. The summed E-state index contributed by atoms with van der Waals surface area (Å²) >= 11 is 1.51. The first-order valence-electron chi connectivity index (χ1n) is 11.0. The summed E-state index contributed by atoms with van der Waals surface area (Å²) in [4.78, 5) is 29.4. The van der Waals surface area contributed by atoms with Crippen LogP contribution in [0.4, 0.5) is 0 Å². The van der Waals surface area contributed by atoms with E-state index in [1.54, 1.807) is 0 Å². The van der Waals surface area contributed by atoms with Crippen molar-refractivity contribution in [3.8, 4) is 0 Å². The normalized spacial score (nSPS) is 16.6. The molecule has 2 amide bonds. The average Bonchev–Trinajstić information content (AvgIpc) is 3.30. The molecule has 0 saturated heterocycles. The van der Waals surface area contributed by atoms with E-state index in [-0.39, 0.29) is 18.2 Å². The van der Waals surface area contributed by atoms with Crippen molar-refractivity contribution in [2.75, 3.05) is 0 Å². The minimum absolute atomic E-state index is 0.103. The molecule has 0 atom stereocenters. The molecule has 0 aliphatic heterocycles. The highest BCUT2D eigenvalue weighted by molar-refractivity contribution is 7.16. The van der Waals surface area contributed by atoms with Crippen molar-refractivity contribution in [3.63, 3.8) is 0 Å². The highest BCUT2D eigenvalue weighted by atomic mass is 32.1. The number of para-hydroxylation sites is 1. The summed E-state index contributed by atoms with van der Waals surface area (Å²) in [6.07, 6.45) is 6.33. The van der Waals surface area contributed by atoms with Crippen LogP contribution < -0.4 is 15.5 Å². The Morgan fingerprint density at radius 2 is 1.97 bits per heavy atom. The molecule has 1 aliphatic rings. The number of rotatable bonds is 6. The van der Waals surface area contributed by atoms with E-state index in [9.17, 15) is 9.59 Å². The summed E-state index contributed by atoms with van der Waals surface area (Å²) < 4.78 is 8.46. The van der Waals surface area contributed by atoms with Crippen LogP contribution in [0.3, 0.4) is 0 Å². The Kier molecular flexibility index (Phi) is 6.69. The van der Waals surface area contributed by atoms with E-state index < -0.39 is 5.54 Å². The summed E-state index contributed by atoms with van der Waals surface area (Å²) in [5.74, 6) is 0.561. The van der Waals surface area contributed by atoms with Crippen molar-refractivity contribution in [3.05, 3.63) is 40.8 Å². The lowest BCUT2D eigenvalue weighted by Gasteiger charge is -2.30. The van der Waals surface area contributed by atoms with Crippen LogP contribution in [0.1, 0.15) is 63.6 Å². The van der Waals surface area contributed by atoms with Crippen LogP contribution in [0.2, 0.25) is 0 Å². The molecule has 0 radical (unpaired) electrons. The first kappa shape index (κ1) is 22.2. The van der Waals surface area contributed by atoms with Gasteiger partial charge >= 0.3 is 0 Å². The van der Waals surface area contributed by atoms with E-state index in [1.165, 1.54) is 18.3 Å².